The quantitative estimate of drug-likeness (QED) is 0.166. The lowest BCUT2D eigenvalue weighted by Gasteiger charge is -2.10. The summed E-state index contributed by atoms with van der Waals surface area (Å²) in [6.45, 7) is 2.15. The third-order valence-electron chi connectivity index (χ3n) is 6.48. The van der Waals surface area contributed by atoms with Crippen LogP contribution < -0.4 is 10.6 Å². The first-order valence-corrected chi connectivity index (χ1v) is 13.6. The number of nitrogens with zero attached hydrogens (tertiary/aromatic N) is 2. The first-order chi connectivity index (χ1) is 19.7. The van der Waals surface area contributed by atoms with Crippen LogP contribution in [0.15, 0.2) is 109 Å². The normalized spacial score (nSPS) is 11.0. The van der Waals surface area contributed by atoms with Crippen LogP contribution in [0.4, 0.5) is 11.4 Å². The number of pyridine rings is 1. The van der Waals surface area contributed by atoms with E-state index in [1.54, 1.807) is 0 Å². The summed E-state index contributed by atoms with van der Waals surface area (Å²) in [4.78, 5) is 17.0. The molecule has 0 aliphatic heterocycles. The van der Waals surface area contributed by atoms with E-state index in [1.165, 1.54) is 5.56 Å². The van der Waals surface area contributed by atoms with Crippen molar-refractivity contribution in [2.24, 2.45) is 0 Å². The number of hydrogen-bond donors (Lipinski definition) is 2. The van der Waals surface area contributed by atoms with Crippen molar-refractivity contribution in [1.29, 1.82) is 0 Å². The standard InChI is InChI=1S/C33H34N4O3/c38-33(25-40-20-19-39-24-27-11-5-2-6-12-27)36-29-15-7-14-28(21-29)31-22-35-32-17-16-30(23-37(31)32)34-18-8-13-26-9-3-1-4-10-26/h1-7,9-12,14-17,21-23,34H,8,13,18-20,24-25H2,(H,36,38). The fraction of sp³-hybridized carbons (Fsp3) is 0.212. The van der Waals surface area contributed by atoms with Gasteiger partial charge in [-0.3, -0.25) is 9.20 Å². The Kier molecular flexibility index (Phi) is 9.54. The Hall–Kier alpha value is -4.46. The van der Waals surface area contributed by atoms with E-state index >= 15 is 0 Å². The van der Waals surface area contributed by atoms with E-state index in [1.807, 2.05) is 72.9 Å². The molecule has 0 aliphatic carbocycles. The first kappa shape index (κ1) is 27.1. The third-order valence-corrected chi connectivity index (χ3v) is 6.48. The zero-order chi connectivity index (χ0) is 27.4. The van der Waals surface area contributed by atoms with Crippen molar-refractivity contribution in [3.63, 3.8) is 0 Å². The summed E-state index contributed by atoms with van der Waals surface area (Å²) >= 11 is 0. The Labute approximate surface area is 234 Å². The van der Waals surface area contributed by atoms with Crippen LogP contribution in [0.2, 0.25) is 0 Å². The number of nitrogens with one attached hydrogen (secondary N) is 2. The number of ether oxygens (including phenoxy) is 2. The summed E-state index contributed by atoms with van der Waals surface area (Å²) in [5.41, 5.74) is 6.97. The molecule has 2 heterocycles. The lowest BCUT2D eigenvalue weighted by atomic mass is 10.1. The van der Waals surface area contributed by atoms with Gasteiger partial charge in [0.15, 0.2) is 0 Å². The summed E-state index contributed by atoms with van der Waals surface area (Å²) in [7, 11) is 0. The zero-order valence-corrected chi connectivity index (χ0v) is 22.5. The van der Waals surface area contributed by atoms with Gasteiger partial charge in [-0.2, -0.15) is 0 Å². The molecule has 204 valence electrons. The van der Waals surface area contributed by atoms with Crippen molar-refractivity contribution in [1.82, 2.24) is 9.38 Å². The number of fused-ring (bicyclic) bond motifs is 1. The number of aryl methyl sites for hydroxylation is 1. The highest BCUT2D eigenvalue weighted by Crippen LogP contribution is 2.25. The molecule has 0 saturated carbocycles. The van der Waals surface area contributed by atoms with Gasteiger partial charge in [0.05, 0.1) is 37.4 Å². The van der Waals surface area contributed by atoms with E-state index in [2.05, 4.69) is 56.5 Å². The van der Waals surface area contributed by atoms with Crippen LogP contribution in [0.5, 0.6) is 0 Å². The molecule has 5 rings (SSSR count). The van der Waals surface area contributed by atoms with Crippen LogP contribution in [0, 0.1) is 0 Å². The second-order valence-corrected chi connectivity index (χ2v) is 9.53. The number of aromatic nitrogens is 2. The second kappa shape index (κ2) is 14.1. The van der Waals surface area contributed by atoms with Crippen molar-refractivity contribution >= 4 is 22.9 Å². The summed E-state index contributed by atoms with van der Waals surface area (Å²) < 4.78 is 13.2. The zero-order valence-electron chi connectivity index (χ0n) is 22.5. The van der Waals surface area contributed by atoms with Gasteiger partial charge in [-0.25, -0.2) is 4.98 Å². The van der Waals surface area contributed by atoms with Gasteiger partial charge in [-0.05, 0) is 48.2 Å². The molecule has 0 bridgehead atoms. The van der Waals surface area contributed by atoms with Crippen LogP contribution in [0.1, 0.15) is 17.5 Å². The SMILES string of the molecule is O=C(COCCOCc1ccccc1)Nc1cccc(-c2cnc3ccc(NCCCc4ccccc4)cn23)c1. The number of hydrogen-bond acceptors (Lipinski definition) is 5. The minimum absolute atomic E-state index is 0.0339. The summed E-state index contributed by atoms with van der Waals surface area (Å²) in [5, 5.41) is 6.45. The van der Waals surface area contributed by atoms with Gasteiger partial charge in [-0.1, -0.05) is 72.8 Å². The minimum Gasteiger partial charge on any atom is -0.384 e. The van der Waals surface area contributed by atoms with E-state index in [-0.39, 0.29) is 12.5 Å². The number of amides is 1. The molecule has 3 aromatic carbocycles. The molecule has 0 atom stereocenters. The third kappa shape index (κ3) is 7.79. The van der Waals surface area contributed by atoms with Crippen LogP contribution in [0.25, 0.3) is 16.9 Å². The average molecular weight is 535 g/mol. The average Bonchev–Trinajstić information content (AvgIpc) is 3.42. The molecular weight excluding hydrogens is 500 g/mol. The van der Waals surface area contributed by atoms with E-state index in [0.29, 0.717) is 25.5 Å². The topological polar surface area (TPSA) is 76.9 Å². The van der Waals surface area contributed by atoms with Crippen molar-refractivity contribution < 1.29 is 14.3 Å². The van der Waals surface area contributed by atoms with Crippen molar-refractivity contribution in [3.8, 4) is 11.3 Å². The minimum atomic E-state index is -0.208. The number of carbonyl (C=O) groups excluding carboxylic acids is 1. The second-order valence-electron chi connectivity index (χ2n) is 9.53. The highest BCUT2D eigenvalue weighted by atomic mass is 16.5. The van der Waals surface area contributed by atoms with Crippen LogP contribution in [-0.4, -0.2) is 41.7 Å². The monoisotopic (exact) mass is 534 g/mol. The molecule has 1 amide bonds. The lowest BCUT2D eigenvalue weighted by molar-refractivity contribution is -0.121. The number of imidazole rings is 1. The van der Waals surface area contributed by atoms with Gasteiger partial charge in [-0.15, -0.1) is 0 Å². The molecule has 0 saturated heterocycles. The highest BCUT2D eigenvalue weighted by Gasteiger charge is 2.09. The Morgan fingerprint density at radius 1 is 0.800 bits per heavy atom. The molecule has 5 aromatic rings. The van der Waals surface area contributed by atoms with E-state index in [9.17, 15) is 4.79 Å². The van der Waals surface area contributed by atoms with Crippen molar-refractivity contribution in [2.45, 2.75) is 19.4 Å². The van der Waals surface area contributed by atoms with Crippen LogP contribution in [0.3, 0.4) is 0 Å². The van der Waals surface area contributed by atoms with Crippen LogP contribution in [-0.2, 0) is 27.3 Å². The molecule has 2 N–H and O–H groups in total. The Morgan fingerprint density at radius 3 is 2.40 bits per heavy atom. The molecule has 7 heteroatoms. The van der Waals surface area contributed by atoms with Gasteiger partial charge in [0.1, 0.15) is 12.3 Å². The maximum absolute atomic E-state index is 12.4. The Bertz CT molecular complexity index is 1500. The molecule has 7 nitrogen and oxygen atoms in total. The fourth-order valence-corrected chi connectivity index (χ4v) is 4.47. The Balaban J connectivity index is 1.11. The molecule has 0 unspecified atom stereocenters. The predicted octanol–water partition coefficient (Wildman–Crippen LogP) is 6.22. The van der Waals surface area contributed by atoms with Crippen molar-refractivity contribution in [2.75, 3.05) is 37.0 Å². The summed E-state index contributed by atoms with van der Waals surface area (Å²) in [5.74, 6) is -0.208. The predicted molar refractivity (Wildman–Crippen MR) is 159 cm³/mol. The van der Waals surface area contributed by atoms with Gasteiger partial charge < -0.3 is 20.1 Å². The van der Waals surface area contributed by atoms with E-state index in [0.717, 1.165) is 47.5 Å². The van der Waals surface area contributed by atoms with Gasteiger partial charge in [0.25, 0.3) is 0 Å². The smallest absolute Gasteiger partial charge is 0.250 e. The first-order valence-electron chi connectivity index (χ1n) is 13.6. The molecule has 0 spiro atoms. The maximum atomic E-state index is 12.4. The van der Waals surface area contributed by atoms with Gasteiger partial charge in [0.2, 0.25) is 5.91 Å². The molecule has 40 heavy (non-hydrogen) atoms. The molecule has 0 aliphatic rings. The largest absolute Gasteiger partial charge is 0.384 e. The molecule has 0 radical (unpaired) electrons. The van der Waals surface area contributed by atoms with Gasteiger partial charge >= 0.3 is 0 Å². The molecular formula is C33H34N4O3. The Morgan fingerprint density at radius 2 is 1.57 bits per heavy atom. The van der Waals surface area contributed by atoms with E-state index < -0.39 is 0 Å². The van der Waals surface area contributed by atoms with Crippen LogP contribution >= 0.6 is 0 Å². The summed E-state index contributed by atoms with van der Waals surface area (Å²) in [6.07, 6.45) is 6.01. The highest BCUT2D eigenvalue weighted by molar-refractivity contribution is 5.92. The maximum Gasteiger partial charge on any atom is 0.250 e. The number of rotatable bonds is 14. The van der Waals surface area contributed by atoms with Crippen molar-refractivity contribution in [3.05, 3.63) is 121 Å². The lowest BCUT2D eigenvalue weighted by Crippen LogP contribution is -2.19. The number of carbonyl (C=O) groups is 1. The fourth-order valence-electron chi connectivity index (χ4n) is 4.47. The van der Waals surface area contributed by atoms with Gasteiger partial charge in [0, 0.05) is 24.0 Å². The summed E-state index contributed by atoms with van der Waals surface area (Å²) in [6, 6.07) is 32.3. The number of anilines is 2. The molecule has 2 aromatic heterocycles. The number of benzene rings is 3. The molecule has 0 fully saturated rings. The van der Waals surface area contributed by atoms with E-state index in [4.69, 9.17) is 9.47 Å².